The van der Waals surface area contributed by atoms with E-state index in [0.29, 0.717) is 0 Å². The minimum Gasteiger partial charge on any atom is -0.192 e. The summed E-state index contributed by atoms with van der Waals surface area (Å²) >= 11 is 8.68. The number of nitriles is 2. The molecule has 0 atom stereocenters. The highest BCUT2D eigenvalue weighted by atomic mass is 32.1. The van der Waals surface area contributed by atoms with Crippen LogP contribution in [0.3, 0.4) is 0 Å². The maximum atomic E-state index is 9.17. The van der Waals surface area contributed by atoms with E-state index in [4.69, 9.17) is 10.5 Å². The Labute approximate surface area is 199 Å². The molecule has 2 nitrogen and oxygen atoms in total. The second kappa shape index (κ2) is 8.76. The number of rotatable bonds is 5. The van der Waals surface area contributed by atoms with Gasteiger partial charge in [0.05, 0.1) is 4.88 Å². The van der Waals surface area contributed by atoms with Crippen LogP contribution in [0.25, 0.3) is 47.2 Å². The van der Waals surface area contributed by atoms with Crippen molar-refractivity contribution in [3.63, 3.8) is 0 Å². The SMILES string of the molecule is N#CC(C#N)=Cc1ccsc1-c1ccsc1-c1ccsc1-c1ccsc1-c1cccs1. The molecule has 7 heteroatoms. The van der Waals surface area contributed by atoms with Gasteiger partial charge in [0.15, 0.2) is 0 Å². The Morgan fingerprint density at radius 2 is 1.16 bits per heavy atom. The summed E-state index contributed by atoms with van der Waals surface area (Å²) in [6.45, 7) is 0. The Morgan fingerprint density at radius 3 is 1.77 bits per heavy atom. The molecule has 0 saturated heterocycles. The molecule has 0 bridgehead atoms. The van der Waals surface area contributed by atoms with Gasteiger partial charge in [-0.05, 0) is 68.9 Å². The number of nitrogens with zero attached hydrogens (tertiary/aromatic N) is 2. The molecule has 5 heterocycles. The second-order valence-corrected chi connectivity index (χ2v) is 11.1. The lowest BCUT2D eigenvalue weighted by Crippen LogP contribution is -1.81. The van der Waals surface area contributed by atoms with Gasteiger partial charge < -0.3 is 0 Å². The first-order valence-corrected chi connectivity index (χ1v) is 13.6. The molecule has 148 valence electrons. The molecule has 0 unspecified atom stereocenters. The third-order valence-electron chi connectivity index (χ3n) is 4.71. The van der Waals surface area contributed by atoms with Crippen LogP contribution in [0, 0.1) is 22.7 Å². The molecule has 0 aliphatic rings. The summed E-state index contributed by atoms with van der Waals surface area (Å²) in [5, 5.41) is 28.9. The molecule has 0 saturated carbocycles. The zero-order valence-electron chi connectivity index (χ0n) is 15.9. The number of hydrogen-bond acceptors (Lipinski definition) is 7. The Kier molecular flexibility index (Phi) is 5.69. The Bertz CT molecular complexity index is 1440. The highest BCUT2D eigenvalue weighted by Crippen LogP contribution is 2.49. The maximum Gasteiger partial charge on any atom is 0.130 e. The largest absolute Gasteiger partial charge is 0.192 e. The molecule has 31 heavy (non-hydrogen) atoms. The van der Waals surface area contributed by atoms with Gasteiger partial charge in [-0.25, -0.2) is 0 Å². The molecule has 0 fully saturated rings. The van der Waals surface area contributed by atoms with Crippen molar-refractivity contribution >= 4 is 62.8 Å². The van der Waals surface area contributed by atoms with E-state index in [-0.39, 0.29) is 5.57 Å². The van der Waals surface area contributed by atoms with E-state index in [0.717, 1.165) is 16.0 Å². The van der Waals surface area contributed by atoms with Crippen molar-refractivity contribution < 1.29 is 0 Å². The predicted octanol–water partition coefficient (Wildman–Crippen LogP) is 9.09. The molecule has 0 spiro atoms. The van der Waals surface area contributed by atoms with E-state index in [2.05, 4.69) is 51.9 Å². The van der Waals surface area contributed by atoms with Gasteiger partial charge in [-0.15, -0.1) is 56.7 Å². The van der Waals surface area contributed by atoms with Crippen LogP contribution in [0.5, 0.6) is 0 Å². The fraction of sp³-hybridized carbons (Fsp3) is 0. The summed E-state index contributed by atoms with van der Waals surface area (Å²) in [6, 6.07) is 16.7. The van der Waals surface area contributed by atoms with Gasteiger partial charge in [-0.1, -0.05) is 6.07 Å². The summed E-state index contributed by atoms with van der Waals surface area (Å²) in [4.78, 5) is 6.18. The molecule has 0 amide bonds. The van der Waals surface area contributed by atoms with Gasteiger partial charge in [-0.2, -0.15) is 10.5 Å². The van der Waals surface area contributed by atoms with Crippen LogP contribution in [0.2, 0.25) is 0 Å². The van der Waals surface area contributed by atoms with Crippen molar-refractivity contribution in [1.29, 1.82) is 10.5 Å². The summed E-state index contributed by atoms with van der Waals surface area (Å²) in [7, 11) is 0. The average molecular weight is 489 g/mol. The molecule has 5 aromatic heterocycles. The topological polar surface area (TPSA) is 47.6 Å². The van der Waals surface area contributed by atoms with Crippen molar-refractivity contribution in [3.05, 3.63) is 74.4 Å². The number of hydrogen-bond donors (Lipinski definition) is 0. The van der Waals surface area contributed by atoms with Gasteiger partial charge in [0.1, 0.15) is 17.7 Å². The van der Waals surface area contributed by atoms with Crippen molar-refractivity contribution in [2.75, 3.05) is 0 Å². The van der Waals surface area contributed by atoms with Crippen LogP contribution in [0.1, 0.15) is 5.56 Å². The van der Waals surface area contributed by atoms with Crippen molar-refractivity contribution in [1.82, 2.24) is 0 Å². The highest BCUT2D eigenvalue weighted by Gasteiger charge is 2.20. The minimum atomic E-state index is 0.117. The maximum absolute atomic E-state index is 9.17. The monoisotopic (exact) mass is 488 g/mol. The molecule has 5 rings (SSSR count). The van der Waals surface area contributed by atoms with Gasteiger partial charge in [-0.3, -0.25) is 0 Å². The lowest BCUT2D eigenvalue weighted by molar-refractivity contribution is 1.47. The third kappa shape index (κ3) is 3.72. The van der Waals surface area contributed by atoms with E-state index in [1.807, 2.05) is 23.6 Å². The smallest absolute Gasteiger partial charge is 0.130 e. The van der Waals surface area contributed by atoms with E-state index >= 15 is 0 Å². The zero-order valence-corrected chi connectivity index (χ0v) is 19.9. The van der Waals surface area contributed by atoms with E-state index < -0.39 is 0 Å². The zero-order chi connectivity index (χ0) is 21.2. The van der Waals surface area contributed by atoms with Gasteiger partial charge >= 0.3 is 0 Å². The fourth-order valence-electron chi connectivity index (χ4n) is 3.38. The normalized spacial score (nSPS) is 10.5. The quantitative estimate of drug-likeness (QED) is 0.232. The summed E-state index contributed by atoms with van der Waals surface area (Å²) < 4.78 is 0. The van der Waals surface area contributed by atoms with Crippen LogP contribution >= 0.6 is 56.7 Å². The molecular weight excluding hydrogens is 477 g/mol. The number of thiophene rings is 5. The molecule has 0 aliphatic heterocycles. The molecule has 5 aromatic rings. The molecule has 0 aliphatic carbocycles. The van der Waals surface area contributed by atoms with Gasteiger partial charge in [0.25, 0.3) is 0 Å². The lowest BCUT2D eigenvalue weighted by atomic mass is 10.0. The molecule has 0 N–H and O–H groups in total. The summed E-state index contributed by atoms with van der Waals surface area (Å²) in [5.74, 6) is 0. The lowest BCUT2D eigenvalue weighted by Gasteiger charge is -2.07. The standard InChI is InChI=1S/C24H12N2S5/c25-13-15(14-26)12-16-3-8-28-21(16)17-4-9-29-22(17)18-5-10-30-23(18)19-6-11-31-24(19)20-2-1-7-27-20/h1-12H. The molecule has 0 radical (unpaired) electrons. The van der Waals surface area contributed by atoms with Crippen LogP contribution in [0.15, 0.2) is 68.9 Å². The Morgan fingerprint density at radius 1 is 0.613 bits per heavy atom. The first kappa shape index (κ1) is 20.1. The average Bonchev–Trinajstić information content (AvgIpc) is 3.61. The van der Waals surface area contributed by atoms with Gasteiger partial charge in [0.2, 0.25) is 0 Å². The fourth-order valence-corrected chi connectivity index (χ4v) is 8.14. The third-order valence-corrected chi connectivity index (χ3v) is 9.53. The first-order valence-electron chi connectivity index (χ1n) is 9.17. The van der Waals surface area contributed by atoms with Crippen LogP contribution < -0.4 is 0 Å². The van der Waals surface area contributed by atoms with E-state index in [9.17, 15) is 0 Å². The molecular formula is C24H12N2S5. The van der Waals surface area contributed by atoms with E-state index in [1.54, 1.807) is 62.8 Å². The van der Waals surface area contributed by atoms with Crippen molar-refractivity contribution in [2.24, 2.45) is 0 Å². The Hall–Kier alpha value is -2.78. The molecule has 0 aromatic carbocycles. The van der Waals surface area contributed by atoms with Crippen LogP contribution in [-0.4, -0.2) is 0 Å². The number of allylic oxidation sites excluding steroid dienone is 1. The van der Waals surface area contributed by atoms with Crippen LogP contribution in [-0.2, 0) is 0 Å². The summed E-state index contributed by atoms with van der Waals surface area (Å²) in [6.07, 6.45) is 1.68. The van der Waals surface area contributed by atoms with Crippen molar-refractivity contribution in [3.8, 4) is 53.2 Å². The van der Waals surface area contributed by atoms with Gasteiger partial charge in [0, 0.05) is 36.2 Å². The minimum absolute atomic E-state index is 0.117. The Balaban J connectivity index is 1.62. The second-order valence-electron chi connectivity index (χ2n) is 6.45. The highest BCUT2D eigenvalue weighted by molar-refractivity contribution is 7.22. The van der Waals surface area contributed by atoms with Crippen LogP contribution in [0.4, 0.5) is 0 Å². The van der Waals surface area contributed by atoms with E-state index in [1.165, 1.54) is 30.6 Å². The first-order chi connectivity index (χ1) is 15.3. The van der Waals surface area contributed by atoms with Crippen molar-refractivity contribution in [2.45, 2.75) is 0 Å². The summed E-state index contributed by atoms with van der Waals surface area (Å²) in [5.41, 5.74) is 4.68. The predicted molar refractivity (Wildman–Crippen MR) is 137 cm³/mol.